The van der Waals surface area contributed by atoms with Gasteiger partial charge in [-0.1, -0.05) is 49.3 Å². The second-order valence-electron chi connectivity index (χ2n) is 6.24. The maximum Gasteiger partial charge on any atom is 0.101 e. The van der Waals surface area contributed by atoms with Gasteiger partial charge in [0.05, 0.1) is 5.71 Å². The molecule has 1 N–H and O–H groups in total. The standard InChI is InChI=1S/C17H26N2O2/c1-5-17(4)11-16(18-20)13(2)12-19(17)21-14(3)15-9-7-6-8-10-15/h6-10,13-14,20H,5,11-12H2,1-4H3/b18-16-. The summed E-state index contributed by atoms with van der Waals surface area (Å²) in [6.45, 7) is 9.22. The number of piperidine rings is 1. The lowest BCUT2D eigenvalue weighted by molar-refractivity contribution is -0.255. The minimum absolute atomic E-state index is 0.0110. The average molecular weight is 290 g/mol. The summed E-state index contributed by atoms with van der Waals surface area (Å²) in [4.78, 5) is 6.24. The quantitative estimate of drug-likeness (QED) is 0.673. The number of hydroxylamine groups is 2. The van der Waals surface area contributed by atoms with E-state index in [-0.39, 0.29) is 17.6 Å². The van der Waals surface area contributed by atoms with Gasteiger partial charge in [0.2, 0.25) is 0 Å². The van der Waals surface area contributed by atoms with Crippen LogP contribution in [0.3, 0.4) is 0 Å². The van der Waals surface area contributed by atoms with Crippen molar-refractivity contribution in [2.45, 2.75) is 52.2 Å². The van der Waals surface area contributed by atoms with E-state index in [0.717, 1.165) is 25.1 Å². The number of nitrogens with zero attached hydrogens (tertiary/aromatic N) is 2. The largest absolute Gasteiger partial charge is 0.411 e. The van der Waals surface area contributed by atoms with Crippen LogP contribution in [0.2, 0.25) is 0 Å². The highest BCUT2D eigenvalue weighted by molar-refractivity contribution is 5.87. The highest BCUT2D eigenvalue weighted by Crippen LogP contribution is 2.34. The van der Waals surface area contributed by atoms with E-state index in [9.17, 15) is 0 Å². The Morgan fingerprint density at radius 3 is 2.67 bits per heavy atom. The van der Waals surface area contributed by atoms with Crippen molar-refractivity contribution in [1.29, 1.82) is 0 Å². The smallest absolute Gasteiger partial charge is 0.101 e. The Hall–Kier alpha value is -1.39. The van der Waals surface area contributed by atoms with Crippen molar-refractivity contribution in [3.05, 3.63) is 35.9 Å². The number of hydrogen-bond donors (Lipinski definition) is 1. The summed E-state index contributed by atoms with van der Waals surface area (Å²) in [6.07, 6.45) is 1.69. The zero-order chi connectivity index (χ0) is 15.5. The Labute approximate surface area is 127 Å². The molecule has 1 aliphatic heterocycles. The Bertz CT molecular complexity index is 489. The predicted molar refractivity (Wildman–Crippen MR) is 84.3 cm³/mol. The Morgan fingerprint density at radius 1 is 1.43 bits per heavy atom. The molecule has 0 spiro atoms. The van der Waals surface area contributed by atoms with E-state index in [1.807, 2.05) is 18.2 Å². The second kappa shape index (κ2) is 6.58. The fourth-order valence-electron chi connectivity index (χ4n) is 2.81. The van der Waals surface area contributed by atoms with E-state index in [2.05, 4.69) is 50.0 Å². The van der Waals surface area contributed by atoms with Gasteiger partial charge < -0.3 is 5.21 Å². The van der Waals surface area contributed by atoms with Gasteiger partial charge in [0.25, 0.3) is 0 Å². The first-order chi connectivity index (χ1) is 10.00. The molecule has 1 aromatic rings. The topological polar surface area (TPSA) is 45.1 Å². The SMILES string of the molecule is CCC1(C)C/C(=N/O)C(C)CN1OC(C)c1ccccc1. The van der Waals surface area contributed by atoms with Crippen LogP contribution in [0.15, 0.2) is 35.5 Å². The lowest BCUT2D eigenvalue weighted by Gasteiger charge is -2.46. The third-order valence-electron chi connectivity index (χ3n) is 4.62. The van der Waals surface area contributed by atoms with Crippen LogP contribution in [0.5, 0.6) is 0 Å². The van der Waals surface area contributed by atoms with Gasteiger partial charge in [0.1, 0.15) is 6.10 Å². The maximum atomic E-state index is 9.16. The van der Waals surface area contributed by atoms with Crippen LogP contribution in [-0.2, 0) is 4.84 Å². The first kappa shape index (κ1) is 16.0. The van der Waals surface area contributed by atoms with E-state index in [1.165, 1.54) is 5.56 Å². The summed E-state index contributed by atoms with van der Waals surface area (Å²) in [6, 6.07) is 10.2. The Morgan fingerprint density at radius 2 is 2.10 bits per heavy atom. The third kappa shape index (κ3) is 3.44. The van der Waals surface area contributed by atoms with Crippen molar-refractivity contribution in [3.63, 3.8) is 0 Å². The fourth-order valence-corrected chi connectivity index (χ4v) is 2.81. The minimum atomic E-state index is -0.128. The molecule has 0 saturated carbocycles. The van der Waals surface area contributed by atoms with Gasteiger partial charge in [-0.25, -0.2) is 0 Å². The van der Waals surface area contributed by atoms with Crippen LogP contribution in [0.25, 0.3) is 0 Å². The van der Waals surface area contributed by atoms with Gasteiger partial charge in [-0.3, -0.25) is 4.84 Å². The zero-order valence-corrected chi connectivity index (χ0v) is 13.4. The van der Waals surface area contributed by atoms with Gasteiger partial charge in [-0.15, -0.1) is 0 Å². The van der Waals surface area contributed by atoms with E-state index < -0.39 is 0 Å². The Balaban J connectivity index is 2.14. The number of rotatable bonds is 4. The van der Waals surface area contributed by atoms with Crippen LogP contribution in [-0.4, -0.2) is 28.1 Å². The highest BCUT2D eigenvalue weighted by atomic mass is 16.7. The molecule has 3 unspecified atom stereocenters. The Kier molecular flexibility index (Phi) is 5.01. The molecule has 116 valence electrons. The molecule has 4 heteroatoms. The van der Waals surface area contributed by atoms with Crippen LogP contribution in [0.4, 0.5) is 0 Å². The van der Waals surface area contributed by atoms with Crippen LogP contribution in [0, 0.1) is 5.92 Å². The van der Waals surface area contributed by atoms with E-state index in [4.69, 9.17) is 10.0 Å². The first-order valence-electron chi connectivity index (χ1n) is 7.70. The monoisotopic (exact) mass is 290 g/mol. The number of benzene rings is 1. The van der Waals surface area contributed by atoms with Crippen molar-refractivity contribution in [1.82, 2.24) is 5.06 Å². The minimum Gasteiger partial charge on any atom is -0.411 e. The lowest BCUT2D eigenvalue weighted by Crippen LogP contribution is -2.54. The van der Waals surface area contributed by atoms with E-state index in [0.29, 0.717) is 0 Å². The van der Waals surface area contributed by atoms with Crippen molar-refractivity contribution in [2.24, 2.45) is 11.1 Å². The van der Waals surface area contributed by atoms with Crippen molar-refractivity contribution < 1.29 is 10.0 Å². The summed E-state index contributed by atoms with van der Waals surface area (Å²) >= 11 is 0. The van der Waals surface area contributed by atoms with Crippen molar-refractivity contribution >= 4 is 5.71 Å². The normalized spacial score (nSPS) is 30.5. The first-order valence-corrected chi connectivity index (χ1v) is 7.70. The molecular weight excluding hydrogens is 264 g/mol. The van der Waals surface area contributed by atoms with Gasteiger partial charge >= 0.3 is 0 Å². The maximum absolute atomic E-state index is 9.16. The molecule has 0 radical (unpaired) electrons. The van der Waals surface area contributed by atoms with Gasteiger partial charge in [-0.2, -0.15) is 5.06 Å². The fraction of sp³-hybridized carbons (Fsp3) is 0.588. The summed E-state index contributed by atoms with van der Waals surface area (Å²) < 4.78 is 0. The molecule has 1 aliphatic rings. The van der Waals surface area contributed by atoms with E-state index >= 15 is 0 Å². The molecule has 2 rings (SSSR count). The van der Waals surface area contributed by atoms with Gasteiger partial charge in [-0.05, 0) is 25.8 Å². The second-order valence-corrected chi connectivity index (χ2v) is 6.24. The van der Waals surface area contributed by atoms with E-state index in [1.54, 1.807) is 0 Å². The van der Waals surface area contributed by atoms with Crippen LogP contribution in [0.1, 0.15) is 52.2 Å². The molecule has 3 atom stereocenters. The molecule has 0 aromatic heterocycles. The summed E-state index contributed by atoms with van der Waals surface area (Å²) in [5, 5.41) is 14.7. The number of hydrogen-bond acceptors (Lipinski definition) is 4. The van der Waals surface area contributed by atoms with Crippen LogP contribution < -0.4 is 0 Å². The molecule has 1 heterocycles. The zero-order valence-electron chi connectivity index (χ0n) is 13.4. The molecule has 0 amide bonds. The van der Waals surface area contributed by atoms with Gasteiger partial charge in [0.15, 0.2) is 0 Å². The molecule has 1 fully saturated rings. The number of oxime groups is 1. The van der Waals surface area contributed by atoms with Crippen molar-refractivity contribution in [3.8, 4) is 0 Å². The lowest BCUT2D eigenvalue weighted by atomic mass is 9.82. The molecule has 1 aromatic carbocycles. The molecule has 4 nitrogen and oxygen atoms in total. The molecular formula is C17H26N2O2. The molecule has 1 saturated heterocycles. The molecule has 0 aliphatic carbocycles. The molecule has 21 heavy (non-hydrogen) atoms. The molecule has 0 bridgehead atoms. The third-order valence-corrected chi connectivity index (χ3v) is 4.62. The highest BCUT2D eigenvalue weighted by Gasteiger charge is 2.40. The van der Waals surface area contributed by atoms with Gasteiger partial charge in [0, 0.05) is 24.4 Å². The predicted octanol–water partition coefficient (Wildman–Crippen LogP) is 4.02. The summed E-state index contributed by atoms with van der Waals surface area (Å²) in [5.74, 6) is 0.206. The average Bonchev–Trinajstić information content (AvgIpc) is 2.51. The summed E-state index contributed by atoms with van der Waals surface area (Å²) in [7, 11) is 0. The van der Waals surface area contributed by atoms with Crippen molar-refractivity contribution in [2.75, 3.05) is 6.54 Å². The summed E-state index contributed by atoms with van der Waals surface area (Å²) in [5.41, 5.74) is 1.91. The van der Waals surface area contributed by atoms with Crippen LogP contribution >= 0.6 is 0 Å².